The summed E-state index contributed by atoms with van der Waals surface area (Å²) in [6.45, 7) is 1.98. The Morgan fingerprint density at radius 2 is 2.38 bits per heavy atom. The van der Waals surface area contributed by atoms with Gasteiger partial charge in [0.25, 0.3) is 0 Å². The predicted octanol–water partition coefficient (Wildman–Crippen LogP) is 2.84. The van der Waals surface area contributed by atoms with Crippen LogP contribution in [0, 0.1) is 5.92 Å². The molecule has 2 rings (SSSR count). The normalized spacial score (nSPS) is 21.4. The zero-order valence-corrected chi connectivity index (χ0v) is 8.81. The molecule has 1 aromatic heterocycles. The van der Waals surface area contributed by atoms with Crippen molar-refractivity contribution in [2.24, 2.45) is 5.92 Å². The SMILES string of the molecule is CC(O)(CCc1ccsc1)C1CC1. The second kappa shape index (κ2) is 3.43. The van der Waals surface area contributed by atoms with E-state index in [9.17, 15) is 5.11 Å². The first-order valence-corrected chi connectivity index (χ1v) is 5.86. The van der Waals surface area contributed by atoms with Gasteiger partial charge in [-0.15, -0.1) is 0 Å². The molecule has 0 radical (unpaired) electrons. The molecule has 1 heterocycles. The van der Waals surface area contributed by atoms with Gasteiger partial charge in [0.2, 0.25) is 0 Å². The van der Waals surface area contributed by atoms with Gasteiger partial charge >= 0.3 is 0 Å². The minimum Gasteiger partial charge on any atom is -0.390 e. The molecule has 1 unspecified atom stereocenters. The maximum absolute atomic E-state index is 10.1. The molecular weight excluding hydrogens is 180 g/mol. The number of aliphatic hydroxyl groups is 1. The van der Waals surface area contributed by atoms with E-state index in [4.69, 9.17) is 0 Å². The lowest BCUT2D eigenvalue weighted by molar-refractivity contribution is 0.0284. The van der Waals surface area contributed by atoms with Crippen LogP contribution in [-0.4, -0.2) is 10.7 Å². The van der Waals surface area contributed by atoms with Gasteiger partial charge in [0.15, 0.2) is 0 Å². The van der Waals surface area contributed by atoms with Gasteiger partial charge in [0.05, 0.1) is 5.60 Å². The molecule has 1 aliphatic carbocycles. The second-order valence-corrected chi connectivity index (χ2v) is 5.04. The molecule has 1 N–H and O–H groups in total. The maximum atomic E-state index is 10.1. The van der Waals surface area contributed by atoms with E-state index in [0.717, 1.165) is 12.8 Å². The zero-order valence-electron chi connectivity index (χ0n) is 7.99. The molecule has 13 heavy (non-hydrogen) atoms. The Labute approximate surface area is 83.4 Å². The zero-order chi connectivity index (χ0) is 9.31. The fourth-order valence-electron chi connectivity index (χ4n) is 1.74. The van der Waals surface area contributed by atoms with E-state index in [1.807, 2.05) is 6.92 Å². The van der Waals surface area contributed by atoms with Crippen LogP contribution in [-0.2, 0) is 6.42 Å². The first kappa shape index (κ1) is 9.22. The lowest BCUT2D eigenvalue weighted by Gasteiger charge is -2.22. The van der Waals surface area contributed by atoms with Crippen molar-refractivity contribution in [3.8, 4) is 0 Å². The first-order chi connectivity index (χ1) is 6.18. The average molecular weight is 196 g/mol. The second-order valence-electron chi connectivity index (χ2n) is 4.26. The van der Waals surface area contributed by atoms with Crippen molar-refractivity contribution in [1.82, 2.24) is 0 Å². The number of hydrogen-bond donors (Lipinski definition) is 1. The van der Waals surface area contributed by atoms with Crippen LogP contribution in [0.5, 0.6) is 0 Å². The average Bonchev–Trinajstić information content (AvgIpc) is 2.82. The van der Waals surface area contributed by atoms with E-state index in [-0.39, 0.29) is 0 Å². The fourth-order valence-corrected chi connectivity index (χ4v) is 2.44. The molecule has 1 saturated carbocycles. The third-order valence-corrected chi connectivity index (χ3v) is 3.69. The quantitative estimate of drug-likeness (QED) is 0.785. The molecule has 2 heteroatoms. The van der Waals surface area contributed by atoms with Crippen LogP contribution in [0.25, 0.3) is 0 Å². The van der Waals surface area contributed by atoms with Gasteiger partial charge < -0.3 is 5.11 Å². The summed E-state index contributed by atoms with van der Waals surface area (Å²) in [4.78, 5) is 0. The van der Waals surface area contributed by atoms with Crippen LogP contribution in [0.2, 0.25) is 0 Å². The number of aryl methyl sites for hydroxylation is 1. The monoisotopic (exact) mass is 196 g/mol. The highest BCUT2D eigenvalue weighted by molar-refractivity contribution is 7.07. The Morgan fingerprint density at radius 3 is 2.92 bits per heavy atom. The molecule has 0 spiro atoms. The van der Waals surface area contributed by atoms with Gasteiger partial charge in [-0.3, -0.25) is 0 Å². The fraction of sp³-hybridized carbons (Fsp3) is 0.636. The first-order valence-electron chi connectivity index (χ1n) is 4.92. The summed E-state index contributed by atoms with van der Waals surface area (Å²) in [5, 5.41) is 14.3. The van der Waals surface area contributed by atoms with Crippen molar-refractivity contribution < 1.29 is 5.11 Å². The molecule has 0 aliphatic heterocycles. The summed E-state index contributed by atoms with van der Waals surface area (Å²) in [7, 11) is 0. The molecule has 72 valence electrons. The molecule has 0 amide bonds. The van der Waals surface area contributed by atoms with Crippen molar-refractivity contribution in [3.05, 3.63) is 22.4 Å². The number of rotatable bonds is 4. The summed E-state index contributed by atoms with van der Waals surface area (Å²) in [6.07, 6.45) is 4.37. The maximum Gasteiger partial charge on any atom is 0.0651 e. The minimum absolute atomic E-state index is 0.415. The summed E-state index contributed by atoms with van der Waals surface area (Å²) in [5.41, 5.74) is 0.952. The lowest BCUT2D eigenvalue weighted by atomic mass is 9.93. The van der Waals surface area contributed by atoms with Crippen LogP contribution in [0.3, 0.4) is 0 Å². The summed E-state index contributed by atoms with van der Waals surface area (Å²) in [5.74, 6) is 0.575. The van der Waals surface area contributed by atoms with E-state index < -0.39 is 5.60 Å². The van der Waals surface area contributed by atoms with Crippen LogP contribution < -0.4 is 0 Å². The van der Waals surface area contributed by atoms with Gasteiger partial charge in [-0.2, -0.15) is 11.3 Å². The van der Waals surface area contributed by atoms with Crippen molar-refractivity contribution in [2.75, 3.05) is 0 Å². The van der Waals surface area contributed by atoms with Crippen LogP contribution in [0.4, 0.5) is 0 Å². The Morgan fingerprint density at radius 1 is 1.62 bits per heavy atom. The van der Waals surface area contributed by atoms with E-state index in [1.165, 1.54) is 18.4 Å². The molecule has 1 fully saturated rings. The molecule has 1 atom stereocenters. The Balaban J connectivity index is 1.84. The van der Waals surface area contributed by atoms with Crippen LogP contribution in [0.1, 0.15) is 31.7 Å². The molecule has 0 bridgehead atoms. The van der Waals surface area contributed by atoms with Gasteiger partial charge in [-0.1, -0.05) is 0 Å². The summed E-state index contributed by atoms with van der Waals surface area (Å²) in [6, 6.07) is 2.15. The molecule has 1 aromatic rings. The van der Waals surface area contributed by atoms with Crippen LogP contribution >= 0.6 is 11.3 Å². The topological polar surface area (TPSA) is 20.2 Å². The molecule has 0 aromatic carbocycles. The van der Waals surface area contributed by atoms with Crippen molar-refractivity contribution in [1.29, 1.82) is 0 Å². The van der Waals surface area contributed by atoms with Crippen molar-refractivity contribution in [3.63, 3.8) is 0 Å². The Kier molecular flexibility index (Phi) is 2.43. The highest BCUT2D eigenvalue weighted by Crippen LogP contribution is 2.41. The van der Waals surface area contributed by atoms with E-state index >= 15 is 0 Å². The molecule has 1 aliphatic rings. The summed E-state index contributed by atoms with van der Waals surface area (Å²) >= 11 is 1.73. The minimum atomic E-state index is -0.415. The van der Waals surface area contributed by atoms with E-state index in [1.54, 1.807) is 11.3 Å². The predicted molar refractivity (Wildman–Crippen MR) is 56.0 cm³/mol. The van der Waals surface area contributed by atoms with Gasteiger partial charge in [-0.05, 0) is 60.9 Å². The van der Waals surface area contributed by atoms with Crippen LogP contribution in [0.15, 0.2) is 16.8 Å². The van der Waals surface area contributed by atoms with E-state index in [0.29, 0.717) is 5.92 Å². The van der Waals surface area contributed by atoms with Crippen molar-refractivity contribution >= 4 is 11.3 Å². The Hall–Kier alpha value is -0.340. The largest absolute Gasteiger partial charge is 0.390 e. The summed E-state index contributed by atoms with van der Waals surface area (Å²) < 4.78 is 0. The third-order valence-electron chi connectivity index (χ3n) is 2.96. The lowest BCUT2D eigenvalue weighted by Crippen LogP contribution is -2.27. The molecule has 0 saturated heterocycles. The third kappa shape index (κ3) is 2.32. The smallest absolute Gasteiger partial charge is 0.0651 e. The standard InChI is InChI=1S/C11H16OS/c1-11(12,10-2-3-10)6-4-9-5-7-13-8-9/h5,7-8,10,12H,2-4,6H2,1H3. The molecular formula is C11H16OS. The van der Waals surface area contributed by atoms with Gasteiger partial charge in [0, 0.05) is 0 Å². The molecule has 1 nitrogen and oxygen atoms in total. The van der Waals surface area contributed by atoms with Gasteiger partial charge in [0.1, 0.15) is 0 Å². The highest BCUT2D eigenvalue weighted by atomic mass is 32.1. The highest BCUT2D eigenvalue weighted by Gasteiger charge is 2.39. The Bertz CT molecular complexity index is 260. The van der Waals surface area contributed by atoms with E-state index in [2.05, 4.69) is 16.8 Å². The number of thiophene rings is 1. The van der Waals surface area contributed by atoms with Crippen molar-refractivity contribution in [2.45, 2.75) is 38.2 Å². The number of hydrogen-bond acceptors (Lipinski definition) is 2. The van der Waals surface area contributed by atoms with Gasteiger partial charge in [-0.25, -0.2) is 0 Å².